The predicted molar refractivity (Wildman–Crippen MR) is 233 cm³/mol. The van der Waals surface area contributed by atoms with Crippen LogP contribution in [0.5, 0.6) is 0 Å². The Kier molecular flexibility index (Phi) is 6.37. The van der Waals surface area contributed by atoms with Gasteiger partial charge < -0.3 is 9.13 Å². The third-order valence-electron chi connectivity index (χ3n) is 12.2. The minimum Gasteiger partial charge on any atom is -0.309 e. The number of nitrogens with zero attached hydrogens (tertiary/aromatic N) is 4. The standard InChI is InChI=1S/C52H36N4/c1-52(2)40-24-12-9-21-37(40)45-48(52)46-38-22-10-14-26-42(38)55(50(46)47-39-23-11-15-27-43(39)54(49(45)47)34-17-5-3-6-18-34)36-31-29-33(30-32-36)51-53-41-25-13-16-28-44(41)56(51)35-19-7-4-8-20-35/h3-32H,1-2H3. The molecule has 3 aromatic heterocycles. The summed E-state index contributed by atoms with van der Waals surface area (Å²) in [5, 5.41) is 5.12. The molecule has 12 rings (SSSR count). The maximum absolute atomic E-state index is 5.19. The van der Waals surface area contributed by atoms with Crippen LogP contribution in [0.4, 0.5) is 0 Å². The number of aromatic nitrogens is 4. The van der Waals surface area contributed by atoms with Gasteiger partial charge in [0.15, 0.2) is 0 Å². The van der Waals surface area contributed by atoms with E-state index in [1.54, 1.807) is 0 Å². The molecule has 0 fully saturated rings. The summed E-state index contributed by atoms with van der Waals surface area (Å²) in [6, 6.07) is 65.9. The minimum absolute atomic E-state index is 0.230. The summed E-state index contributed by atoms with van der Waals surface area (Å²) in [6.07, 6.45) is 0. The molecule has 11 aromatic rings. The second-order valence-electron chi connectivity index (χ2n) is 15.6. The summed E-state index contributed by atoms with van der Waals surface area (Å²) in [4.78, 5) is 5.19. The topological polar surface area (TPSA) is 27.7 Å². The Balaban J connectivity index is 1.22. The first-order chi connectivity index (χ1) is 27.6. The maximum atomic E-state index is 5.19. The van der Waals surface area contributed by atoms with Gasteiger partial charge in [0.25, 0.3) is 0 Å². The molecule has 0 aliphatic heterocycles. The smallest absolute Gasteiger partial charge is 0.145 e. The van der Waals surface area contributed by atoms with Crippen LogP contribution in [-0.4, -0.2) is 18.7 Å². The molecule has 0 saturated heterocycles. The minimum atomic E-state index is -0.230. The monoisotopic (exact) mass is 716 g/mol. The molecule has 0 bridgehead atoms. The van der Waals surface area contributed by atoms with E-state index in [1.165, 1.54) is 65.9 Å². The lowest BCUT2D eigenvalue weighted by Crippen LogP contribution is -2.15. The number of benzene rings is 8. The van der Waals surface area contributed by atoms with Gasteiger partial charge in [0.2, 0.25) is 0 Å². The number of fused-ring (bicyclic) bond motifs is 13. The van der Waals surface area contributed by atoms with Gasteiger partial charge >= 0.3 is 0 Å². The Morgan fingerprint density at radius 1 is 0.429 bits per heavy atom. The summed E-state index contributed by atoms with van der Waals surface area (Å²) in [7, 11) is 0. The fraction of sp³-hybridized carbons (Fsp3) is 0.0577. The van der Waals surface area contributed by atoms with E-state index in [4.69, 9.17) is 4.98 Å². The molecule has 4 nitrogen and oxygen atoms in total. The lowest BCUT2D eigenvalue weighted by molar-refractivity contribution is 0.667. The van der Waals surface area contributed by atoms with E-state index < -0.39 is 0 Å². The SMILES string of the molecule is CC1(C)c2ccccc2-c2c1c1c3ccccc3n(-c3ccc(-c4nc5ccccc5n4-c4ccccc4)cc3)c1c1c3ccccc3n(-c3ccccc3)c21. The van der Waals surface area contributed by atoms with E-state index in [-0.39, 0.29) is 5.41 Å². The number of rotatable bonds is 4. The summed E-state index contributed by atoms with van der Waals surface area (Å²) < 4.78 is 7.31. The lowest BCUT2D eigenvalue weighted by Gasteiger charge is -2.23. The molecule has 1 aliphatic rings. The van der Waals surface area contributed by atoms with E-state index in [2.05, 4.69) is 210 Å². The van der Waals surface area contributed by atoms with Crippen LogP contribution >= 0.6 is 0 Å². The van der Waals surface area contributed by atoms with E-state index >= 15 is 0 Å². The number of hydrogen-bond acceptors (Lipinski definition) is 1. The molecule has 0 unspecified atom stereocenters. The van der Waals surface area contributed by atoms with Crippen LogP contribution in [-0.2, 0) is 5.41 Å². The number of imidazole rings is 1. The van der Waals surface area contributed by atoms with Gasteiger partial charge in [-0.15, -0.1) is 0 Å². The van der Waals surface area contributed by atoms with Crippen LogP contribution in [0.1, 0.15) is 25.0 Å². The van der Waals surface area contributed by atoms with Crippen LogP contribution in [0.3, 0.4) is 0 Å². The van der Waals surface area contributed by atoms with Crippen molar-refractivity contribution in [3.63, 3.8) is 0 Å². The highest BCUT2D eigenvalue weighted by atomic mass is 15.1. The third kappa shape index (κ3) is 4.10. The first-order valence-electron chi connectivity index (χ1n) is 19.4. The Labute approximate surface area is 324 Å². The lowest BCUT2D eigenvalue weighted by atomic mass is 9.80. The quantitative estimate of drug-likeness (QED) is 0.178. The van der Waals surface area contributed by atoms with E-state index in [9.17, 15) is 0 Å². The molecule has 0 atom stereocenters. The van der Waals surface area contributed by atoms with Crippen molar-refractivity contribution in [3.8, 4) is 39.6 Å². The molecule has 0 radical (unpaired) electrons. The molecule has 0 amide bonds. The van der Waals surface area contributed by atoms with Crippen molar-refractivity contribution >= 4 is 54.6 Å². The predicted octanol–water partition coefficient (Wildman–Crippen LogP) is 13.2. The molecule has 4 heteroatoms. The average Bonchev–Trinajstić information content (AvgIpc) is 3.97. The van der Waals surface area contributed by atoms with Gasteiger partial charge in [-0.2, -0.15) is 0 Å². The molecule has 0 saturated carbocycles. The third-order valence-corrected chi connectivity index (χ3v) is 12.2. The summed E-state index contributed by atoms with van der Waals surface area (Å²) >= 11 is 0. The highest BCUT2D eigenvalue weighted by molar-refractivity contribution is 6.31. The van der Waals surface area contributed by atoms with Crippen molar-refractivity contribution < 1.29 is 0 Å². The van der Waals surface area contributed by atoms with Gasteiger partial charge in [-0.05, 0) is 89.5 Å². The molecule has 0 N–H and O–H groups in total. The van der Waals surface area contributed by atoms with Crippen LogP contribution < -0.4 is 0 Å². The van der Waals surface area contributed by atoms with Gasteiger partial charge in [0, 0.05) is 55.1 Å². The summed E-state index contributed by atoms with van der Waals surface area (Å²) in [5.74, 6) is 0.928. The first kappa shape index (κ1) is 31.2. The normalized spacial score (nSPS) is 13.3. The Bertz CT molecular complexity index is 3360. The van der Waals surface area contributed by atoms with Crippen molar-refractivity contribution in [1.29, 1.82) is 0 Å². The summed E-state index contributed by atoms with van der Waals surface area (Å²) in [6.45, 7) is 4.83. The Morgan fingerprint density at radius 3 is 1.64 bits per heavy atom. The second kappa shape index (κ2) is 11.4. The van der Waals surface area contributed by atoms with Crippen molar-refractivity contribution in [2.24, 2.45) is 0 Å². The van der Waals surface area contributed by atoms with Gasteiger partial charge in [-0.3, -0.25) is 4.57 Å². The molecule has 8 aromatic carbocycles. The number of hydrogen-bond donors (Lipinski definition) is 0. The average molecular weight is 717 g/mol. The molecule has 56 heavy (non-hydrogen) atoms. The maximum Gasteiger partial charge on any atom is 0.145 e. The highest BCUT2D eigenvalue weighted by Crippen LogP contribution is 2.58. The van der Waals surface area contributed by atoms with Crippen LogP contribution in [0.2, 0.25) is 0 Å². The van der Waals surface area contributed by atoms with Crippen molar-refractivity contribution in [1.82, 2.24) is 18.7 Å². The second-order valence-corrected chi connectivity index (χ2v) is 15.6. The van der Waals surface area contributed by atoms with Crippen molar-refractivity contribution in [2.45, 2.75) is 19.3 Å². The Morgan fingerprint density at radius 2 is 0.946 bits per heavy atom. The van der Waals surface area contributed by atoms with E-state index in [0.29, 0.717) is 0 Å². The van der Waals surface area contributed by atoms with E-state index in [0.717, 1.165) is 39.5 Å². The largest absolute Gasteiger partial charge is 0.309 e. The molecular formula is C52H36N4. The van der Waals surface area contributed by atoms with Gasteiger partial charge in [0.1, 0.15) is 5.82 Å². The molecular weight excluding hydrogens is 681 g/mol. The van der Waals surface area contributed by atoms with Gasteiger partial charge in [0.05, 0.1) is 33.1 Å². The molecule has 264 valence electrons. The van der Waals surface area contributed by atoms with Gasteiger partial charge in [-0.1, -0.05) is 123 Å². The number of para-hydroxylation sites is 6. The zero-order valence-corrected chi connectivity index (χ0v) is 31.1. The fourth-order valence-corrected chi connectivity index (χ4v) is 9.89. The van der Waals surface area contributed by atoms with E-state index in [1.807, 2.05) is 0 Å². The van der Waals surface area contributed by atoms with Crippen LogP contribution in [0.15, 0.2) is 182 Å². The molecule has 1 aliphatic carbocycles. The van der Waals surface area contributed by atoms with Crippen molar-refractivity contribution in [3.05, 3.63) is 193 Å². The molecule has 3 heterocycles. The van der Waals surface area contributed by atoms with Crippen LogP contribution in [0, 0.1) is 0 Å². The molecule has 0 spiro atoms. The first-order valence-corrected chi connectivity index (χ1v) is 19.4. The highest BCUT2D eigenvalue weighted by Gasteiger charge is 2.41. The van der Waals surface area contributed by atoms with Crippen LogP contribution in [0.25, 0.3) is 94.2 Å². The van der Waals surface area contributed by atoms with Crippen molar-refractivity contribution in [2.75, 3.05) is 0 Å². The zero-order valence-electron chi connectivity index (χ0n) is 31.1. The zero-order chi connectivity index (χ0) is 37.1. The summed E-state index contributed by atoms with van der Waals surface area (Å²) in [5.41, 5.74) is 16.6. The Hall–Kier alpha value is -7.17. The fourth-order valence-electron chi connectivity index (χ4n) is 9.89. The van der Waals surface area contributed by atoms with Gasteiger partial charge in [-0.25, -0.2) is 4.98 Å².